The lowest BCUT2D eigenvalue weighted by Crippen LogP contribution is -2.45. The number of aromatic nitrogens is 1. The van der Waals surface area contributed by atoms with Gasteiger partial charge in [-0.25, -0.2) is 0 Å². The van der Waals surface area contributed by atoms with E-state index in [9.17, 15) is 0 Å². The molecule has 1 aliphatic heterocycles. The number of hydrogen-bond donors (Lipinski definition) is 1. The molecule has 1 aromatic carbocycles. The first-order valence-electron chi connectivity index (χ1n) is 7.49. The van der Waals surface area contributed by atoms with Gasteiger partial charge in [-0.05, 0) is 30.7 Å². The molecule has 22 heavy (non-hydrogen) atoms. The van der Waals surface area contributed by atoms with Crippen LogP contribution >= 0.6 is 23.2 Å². The Kier molecular flexibility index (Phi) is 4.99. The molecule has 0 saturated carbocycles. The minimum atomic E-state index is 0.0354. The highest BCUT2D eigenvalue weighted by atomic mass is 35.5. The van der Waals surface area contributed by atoms with Crippen molar-refractivity contribution in [3.63, 3.8) is 0 Å². The number of aryl methyl sites for hydroxylation is 1. The summed E-state index contributed by atoms with van der Waals surface area (Å²) in [6.45, 7) is 5.88. The summed E-state index contributed by atoms with van der Waals surface area (Å²) < 4.78 is 0. The average molecular weight is 336 g/mol. The highest BCUT2D eigenvalue weighted by molar-refractivity contribution is 6.42. The molecule has 1 saturated heterocycles. The maximum Gasteiger partial charge on any atom is 0.0792 e. The normalized spacial score (nSPS) is 17.4. The standard InChI is InChI=1S/C17H19Cl2N3/c1-12-4-2-7-15(21-12)17(22-10-8-20-9-11-22)13-5-3-6-14(18)16(13)19/h2-7,17,20H,8-11H2,1H3. The highest BCUT2D eigenvalue weighted by Gasteiger charge is 2.27. The number of pyridine rings is 1. The maximum absolute atomic E-state index is 6.49. The molecule has 0 aliphatic carbocycles. The van der Waals surface area contributed by atoms with E-state index >= 15 is 0 Å². The Morgan fingerprint density at radius 2 is 1.82 bits per heavy atom. The van der Waals surface area contributed by atoms with Gasteiger partial charge < -0.3 is 5.32 Å². The predicted molar refractivity (Wildman–Crippen MR) is 91.7 cm³/mol. The predicted octanol–water partition coefficient (Wildman–Crippen LogP) is 3.69. The van der Waals surface area contributed by atoms with Gasteiger partial charge in [-0.1, -0.05) is 41.4 Å². The molecule has 1 aliphatic rings. The summed E-state index contributed by atoms with van der Waals surface area (Å²) in [5.41, 5.74) is 3.05. The van der Waals surface area contributed by atoms with Gasteiger partial charge in [0.05, 0.1) is 21.8 Å². The molecule has 3 rings (SSSR count). The van der Waals surface area contributed by atoms with Crippen molar-refractivity contribution >= 4 is 23.2 Å². The highest BCUT2D eigenvalue weighted by Crippen LogP contribution is 2.36. The number of halogens is 2. The average Bonchev–Trinajstić information content (AvgIpc) is 2.53. The summed E-state index contributed by atoms with van der Waals surface area (Å²) in [5.74, 6) is 0. The van der Waals surface area contributed by atoms with Crippen molar-refractivity contribution in [2.75, 3.05) is 26.2 Å². The van der Waals surface area contributed by atoms with E-state index < -0.39 is 0 Å². The quantitative estimate of drug-likeness (QED) is 0.927. The van der Waals surface area contributed by atoms with Crippen LogP contribution in [0.2, 0.25) is 10.0 Å². The van der Waals surface area contributed by atoms with Crippen LogP contribution in [0.4, 0.5) is 0 Å². The minimum absolute atomic E-state index is 0.0354. The molecule has 0 bridgehead atoms. The van der Waals surface area contributed by atoms with Crippen LogP contribution in [-0.4, -0.2) is 36.1 Å². The summed E-state index contributed by atoms with van der Waals surface area (Å²) in [6.07, 6.45) is 0. The van der Waals surface area contributed by atoms with E-state index in [4.69, 9.17) is 28.2 Å². The summed E-state index contributed by atoms with van der Waals surface area (Å²) >= 11 is 12.7. The summed E-state index contributed by atoms with van der Waals surface area (Å²) in [6, 6.07) is 12.0. The number of nitrogens with zero attached hydrogens (tertiary/aromatic N) is 2. The van der Waals surface area contributed by atoms with Crippen LogP contribution in [0, 0.1) is 6.92 Å². The lowest BCUT2D eigenvalue weighted by Gasteiger charge is -2.35. The zero-order valence-electron chi connectivity index (χ0n) is 12.5. The van der Waals surface area contributed by atoms with E-state index in [-0.39, 0.29) is 6.04 Å². The van der Waals surface area contributed by atoms with E-state index in [0.717, 1.165) is 43.1 Å². The van der Waals surface area contributed by atoms with E-state index in [1.807, 2.05) is 37.3 Å². The summed E-state index contributed by atoms with van der Waals surface area (Å²) in [7, 11) is 0. The van der Waals surface area contributed by atoms with Crippen LogP contribution in [0.5, 0.6) is 0 Å². The van der Waals surface area contributed by atoms with Crippen molar-refractivity contribution < 1.29 is 0 Å². The van der Waals surface area contributed by atoms with E-state index in [1.54, 1.807) is 0 Å². The minimum Gasteiger partial charge on any atom is -0.314 e. The topological polar surface area (TPSA) is 28.2 Å². The van der Waals surface area contributed by atoms with Crippen LogP contribution < -0.4 is 5.32 Å². The molecule has 0 radical (unpaired) electrons. The van der Waals surface area contributed by atoms with Crippen LogP contribution in [0.25, 0.3) is 0 Å². The molecule has 1 atom stereocenters. The number of benzene rings is 1. The van der Waals surface area contributed by atoms with Crippen molar-refractivity contribution in [1.82, 2.24) is 15.2 Å². The van der Waals surface area contributed by atoms with Crippen LogP contribution in [-0.2, 0) is 0 Å². The van der Waals surface area contributed by atoms with Crippen molar-refractivity contribution in [3.05, 3.63) is 63.4 Å². The molecule has 2 heterocycles. The molecule has 3 nitrogen and oxygen atoms in total. The summed E-state index contributed by atoms with van der Waals surface area (Å²) in [4.78, 5) is 7.14. The third kappa shape index (κ3) is 3.28. The Morgan fingerprint density at radius 1 is 1.09 bits per heavy atom. The molecule has 116 valence electrons. The first kappa shape index (κ1) is 15.8. The Bertz CT molecular complexity index is 654. The Morgan fingerprint density at radius 3 is 2.55 bits per heavy atom. The smallest absolute Gasteiger partial charge is 0.0792 e. The van der Waals surface area contributed by atoms with Gasteiger partial charge in [0.15, 0.2) is 0 Å². The largest absolute Gasteiger partial charge is 0.314 e. The Labute approximate surface area is 141 Å². The van der Waals surface area contributed by atoms with Gasteiger partial charge in [0, 0.05) is 31.9 Å². The molecule has 5 heteroatoms. The van der Waals surface area contributed by atoms with E-state index in [1.165, 1.54) is 0 Å². The maximum atomic E-state index is 6.49. The van der Waals surface area contributed by atoms with Crippen molar-refractivity contribution in [2.45, 2.75) is 13.0 Å². The van der Waals surface area contributed by atoms with Gasteiger partial charge >= 0.3 is 0 Å². The zero-order valence-corrected chi connectivity index (χ0v) is 14.0. The zero-order chi connectivity index (χ0) is 15.5. The molecule has 2 aromatic rings. The first-order chi connectivity index (χ1) is 10.7. The monoisotopic (exact) mass is 335 g/mol. The molecular formula is C17H19Cl2N3. The summed E-state index contributed by atoms with van der Waals surface area (Å²) in [5, 5.41) is 4.60. The molecule has 0 spiro atoms. The molecule has 0 amide bonds. The fourth-order valence-electron chi connectivity index (χ4n) is 2.93. The van der Waals surface area contributed by atoms with Gasteiger partial charge in [-0.2, -0.15) is 0 Å². The fraction of sp³-hybridized carbons (Fsp3) is 0.353. The van der Waals surface area contributed by atoms with Gasteiger partial charge in [-0.3, -0.25) is 9.88 Å². The third-order valence-electron chi connectivity index (χ3n) is 3.98. The second-order valence-electron chi connectivity index (χ2n) is 5.54. The van der Waals surface area contributed by atoms with Crippen LogP contribution in [0.1, 0.15) is 23.0 Å². The van der Waals surface area contributed by atoms with E-state index in [0.29, 0.717) is 10.0 Å². The van der Waals surface area contributed by atoms with Gasteiger partial charge in [-0.15, -0.1) is 0 Å². The lowest BCUT2D eigenvalue weighted by atomic mass is 10.00. The fourth-order valence-corrected chi connectivity index (χ4v) is 3.34. The number of piperazine rings is 1. The number of nitrogens with one attached hydrogen (secondary N) is 1. The van der Waals surface area contributed by atoms with Crippen molar-refractivity contribution in [2.24, 2.45) is 0 Å². The molecule has 1 N–H and O–H groups in total. The van der Waals surface area contributed by atoms with Crippen LogP contribution in [0.3, 0.4) is 0 Å². The van der Waals surface area contributed by atoms with E-state index in [2.05, 4.69) is 16.3 Å². The third-order valence-corrected chi connectivity index (χ3v) is 4.82. The van der Waals surface area contributed by atoms with Gasteiger partial charge in [0.2, 0.25) is 0 Å². The molecule has 1 unspecified atom stereocenters. The van der Waals surface area contributed by atoms with Crippen LogP contribution in [0.15, 0.2) is 36.4 Å². The molecule has 1 aromatic heterocycles. The van der Waals surface area contributed by atoms with Crippen molar-refractivity contribution in [3.8, 4) is 0 Å². The molecule has 1 fully saturated rings. The second-order valence-corrected chi connectivity index (χ2v) is 6.32. The van der Waals surface area contributed by atoms with Gasteiger partial charge in [0.1, 0.15) is 0 Å². The second kappa shape index (κ2) is 6.97. The van der Waals surface area contributed by atoms with Crippen molar-refractivity contribution in [1.29, 1.82) is 0 Å². The first-order valence-corrected chi connectivity index (χ1v) is 8.24. The number of hydrogen-bond acceptors (Lipinski definition) is 3. The van der Waals surface area contributed by atoms with Gasteiger partial charge in [0.25, 0.3) is 0 Å². The lowest BCUT2D eigenvalue weighted by molar-refractivity contribution is 0.195. The Balaban J connectivity index is 2.07. The molecular weight excluding hydrogens is 317 g/mol. The SMILES string of the molecule is Cc1cccc(C(c2cccc(Cl)c2Cl)N2CCNCC2)n1. The Hall–Kier alpha value is -1.13. The number of rotatable bonds is 3.